The van der Waals surface area contributed by atoms with Gasteiger partial charge in [0.1, 0.15) is 6.61 Å². The van der Waals surface area contributed by atoms with Crippen LogP contribution in [0.3, 0.4) is 0 Å². The van der Waals surface area contributed by atoms with E-state index in [2.05, 4.69) is 51.1 Å². The van der Waals surface area contributed by atoms with Crippen molar-refractivity contribution in [2.75, 3.05) is 36.1 Å². The van der Waals surface area contributed by atoms with Gasteiger partial charge in [-0.15, -0.1) is 0 Å². The number of urea groups is 1. The largest absolute Gasteiger partial charge is 0.444 e. The Hall–Kier alpha value is -6.43. The highest BCUT2D eigenvalue weighted by atomic mass is 16.5. The zero-order valence-electron chi connectivity index (χ0n) is 41.8. The summed E-state index contributed by atoms with van der Waals surface area (Å²) in [5, 5.41) is 21.5. The first kappa shape index (κ1) is 55.5. The molecule has 3 aromatic rings. The van der Waals surface area contributed by atoms with E-state index in [-0.39, 0.29) is 78.9 Å². The highest BCUT2D eigenvalue weighted by Crippen LogP contribution is 2.25. The Morgan fingerprint density at radius 2 is 1.39 bits per heavy atom. The molecular formula is C54H74N8O9. The molecule has 71 heavy (non-hydrogen) atoms. The molecule has 1 aliphatic carbocycles. The Morgan fingerprint density at radius 3 is 2.00 bits per heavy atom. The Morgan fingerprint density at radius 1 is 0.761 bits per heavy atom. The number of methoxy groups -OCH3 is 1. The molecule has 384 valence electrons. The molecule has 1 saturated heterocycles. The number of carbonyl (C=O) groups excluding carboxylic acids is 7. The molecule has 0 radical (unpaired) electrons. The van der Waals surface area contributed by atoms with Gasteiger partial charge in [-0.25, -0.2) is 9.59 Å². The van der Waals surface area contributed by atoms with E-state index in [0.29, 0.717) is 67.6 Å². The SMILES string of the molecule is CO[C@@H]([C@H](C)C(C)N[C@H](Cc1ccccc1)C(=O)Nc1ccc(NC(=O)OCc2ccc(NC(=O)[C@H](CCCNC(N)=O)[C@@H](NC(=O)CCCCCC3C(=O)C=CC3=O)C(C)C)cc2)cc1)[C@H]1CCCN1. The van der Waals surface area contributed by atoms with E-state index < -0.39 is 36.0 Å². The molecule has 5 rings (SSSR count). The maximum Gasteiger partial charge on any atom is 0.411 e. The molecule has 0 saturated carbocycles. The molecule has 1 aliphatic heterocycles. The second-order valence-corrected chi connectivity index (χ2v) is 19.1. The van der Waals surface area contributed by atoms with Gasteiger partial charge in [0.15, 0.2) is 11.6 Å². The highest BCUT2D eigenvalue weighted by molar-refractivity contribution is 6.18. The highest BCUT2D eigenvalue weighted by Gasteiger charge is 2.35. The second-order valence-electron chi connectivity index (χ2n) is 19.1. The minimum Gasteiger partial charge on any atom is -0.444 e. The number of ketones is 2. The number of unbranched alkanes of at least 4 members (excludes halogenated alkanes) is 2. The van der Waals surface area contributed by atoms with Crippen LogP contribution in [0.5, 0.6) is 0 Å². The number of nitrogens with two attached hydrogens (primary N) is 1. The summed E-state index contributed by atoms with van der Waals surface area (Å²) in [4.78, 5) is 88.8. The number of primary amides is 1. The Bertz CT molecular complexity index is 2230. The molecule has 3 aromatic carbocycles. The van der Waals surface area contributed by atoms with Crippen LogP contribution >= 0.6 is 0 Å². The van der Waals surface area contributed by atoms with Crippen molar-refractivity contribution in [2.45, 2.75) is 129 Å². The zero-order valence-corrected chi connectivity index (χ0v) is 41.8. The number of ether oxygens (including phenoxy) is 2. The van der Waals surface area contributed by atoms with Gasteiger partial charge >= 0.3 is 12.1 Å². The minimum atomic E-state index is -0.679. The molecule has 6 amide bonds. The van der Waals surface area contributed by atoms with Crippen molar-refractivity contribution in [3.63, 3.8) is 0 Å². The zero-order chi connectivity index (χ0) is 51.3. The lowest BCUT2D eigenvalue weighted by molar-refractivity contribution is -0.127. The normalized spacial score (nSPS) is 17.2. The summed E-state index contributed by atoms with van der Waals surface area (Å²) in [5.41, 5.74) is 8.50. The molecule has 0 spiro atoms. The molecule has 0 aromatic heterocycles. The van der Waals surface area contributed by atoms with Gasteiger partial charge in [0.2, 0.25) is 17.7 Å². The number of nitrogens with one attached hydrogen (secondary N) is 7. The van der Waals surface area contributed by atoms with Crippen molar-refractivity contribution < 1.29 is 43.0 Å². The van der Waals surface area contributed by atoms with E-state index in [9.17, 15) is 33.6 Å². The Balaban J connectivity index is 1.10. The monoisotopic (exact) mass is 979 g/mol. The van der Waals surface area contributed by atoms with Gasteiger partial charge in [0, 0.05) is 55.3 Å². The lowest BCUT2D eigenvalue weighted by Gasteiger charge is -2.34. The van der Waals surface area contributed by atoms with Crippen LogP contribution in [-0.2, 0) is 46.5 Å². The number of allylic oxidation sites excluding steroid dienone is 2. The number of hydrogen-bond acceptors (Lipinski definition) is 11. The van der Waals surface area contributed by atoms with E-state index in [1.165, 1.54) is 12.2 Å². The number of carbonyl (C=O) groups is 7. The number of amides is 6. The standard InChI is InChI=1S/C54H74N8O9/c1-34(2)49(62-48(65)19-11-7-10-16-42-46(63)28-29-47(42)64)43(17-12-31-57-53(55)68)51(66)59-39-22-20-38(21-23-39)33-71-54(69)61-41-26-24-40(25-27-41)60-52(67)45(32-37-14-8-6-9-15-37)58-36(4)35(3)50(70-5)44-18-13-30-56-44/h6,8-9,14-15,20-29,34-36,42-45,49-50,56,58H,7,10-13,16-19,30-33H2,1-5H3,(H,59,66)(H,60,67)(H,61,69)(H,62,65)(H3,55,57,68)/t35-,36?,43-,44-,45-,49+,50+/m1/s1. The molecule has 1 heterocycles. The van der Waals surface area contributed by atoms with Crippen molar-refractivity contribution in [3.05, 3.63) is 102 Å². The van der Waals surface area contributed by atoms with Crippen LogP contribution in [-0.4, -0.2) is 91.9 Å². The predicted octanol–water partition coefficient (Wildman–Crippen LogP) is 6.79. The third kappa shape index (κ3) is 18.0. The molecule has 9 N–H and O–H groups in total. The first-order valence-electron chi connectivity index (χ1n) is 25.0. The molecule has 17 nitrogen and oxygen atoms in total. The van der Waals surface area contributed by atoms with Gasteiger partial charge in [-0.05, 0) is 130 Å². The summed E-state index contributed by atoms with van der Waals surface area (Å²) in [7, 11) is 1.75. The van der Waals surface area contributed by atoms with Crippen LogP contribution in [0.15, 0.2) is 91.0 Å². The summed E-state index contributed by atoms with van der Waals surface area (Å²) >= 11 is 0. The third-order valence-corrected chi connectivity index (χ3v) is 13.4. The third-order valence-electron chi connectivity index (χ3n) is 13.4. The fourth-order valence-electron chi connectivity index (χ4n) is 9.29. The molecule has 1 unspecified atom stereocenters. The Labute approximate surface area is 418 Å². The van der Waals surface area contributed by atoms with E-state index in [1.807, 2.05) is 44.2 Å². The Kier molecular flexibility index (Phi) is 22.2. The average Bonchev–Trinajstić information content (AvgIpc) is 4.00. The first-order chi connectivity index (χ1) is 34.1. The van der Waals surface area contributed by atoms with Gasteiger partial charge in [-0.2, -0.15) is 0 Å². The van der Waals surface area contributed by atoms with Crippen LogP contribution in [0.25, 0.3) is 0 Å². The van der Waals surface area contributed by atoms with Gasteiger partial charge in [-0.3, -0.25) is 29.3 Å². The summed E-state index contributed by atoms with van der Waals surface area (Å²) in [5.74, 6) is -2.28. The maximum absolute atomic E-state index is 13.9. The summed E-state index contributed by atoms with van der Waals surface area (Å²) in [6.45, 7) is 9.28. The van der Waals surface area contributed by atoms with Gasteiger partial charge in [0.25, 0.3) is 0 Å². The lowest BCUT2D eigenvalue weighted by Crippen LogP contribution is -2.53. The predicted molar refractivity (Wildman–Crippen MR) is 274 cm³/mol. The molecule has 0 bridgehead atoms. The van der Waals surface area contributed by atoms with Gasteiger partial charge < -0.3 is 47.1 Å². The number of rotatable bonds is 28. The second kappa shape index (κ2) is 28.4. The maximum atomic E-state index is 13.9. The number of hydrogen-bond donors (Lipinski definition) is 8. The number of anilines is 3. The quantitative estimate of drug-likeness (QED) is 0.0278. The fraction of sp³-hybridized carbons (Fsp3) is 0.500. The molecule has 17 heteroatoms. The van der Waals surface area contributed by atoms with Crippen molar-refractivity contribution in [3.8, 4) is 0 Å². The van der Waals surface area contributed by atoms with Crippen LogP contribution in [0.1, 0.15) is 96.6 Å². The minimum absolute atomic E-state index is 0.000860. The average molecular weight is 979 g/mol. The summed E-state index contributed by atoms with van der Waals surface area (Å²) < 4.78 is 11.4. The van der Waals surface area contributed by atoms with E-state index in [0.717, 1.165) is 24.9 Å². The van der Waals surface area contributed by atoms with Gasteiger partial charge in [-0.1, -0.05) is 76.1 Å². The lowest BCUT2D eigenvalue weighted by atomic mass is 9.85. The van der Waals surface area contributed by atoms with Crippen LogP contribution in [0, 0.1) is 23.7 Å². The van der Waals surface area contributed by atoms with Crippen LogP contribution in [0.4, 0.5) is 26.7 Å². The molecule has 2 aliphatic rings. The molecular weight excluding hydrogens is 905 g/mol. The van der Waals surface area contributed by atoms with Crippen LogP contribution < -0.4 is 43.0 Å². The summed E-state index contributed by atoms with van der Waals surface area (Å²) in [6.07, 6.45) is 7.97. The van der Waals surface area contributed by atoms with Gasteiger partial charge in [0.05, 0.1) is 24.0 Å². The summed E-state index contributed by atoms with van der Waals surface area (Å²) in [6, 6.07) is 22.1. The van der Waals surface area contributed by atoms with Crippen molar-refractivity contribution in [1.82, 2.24) is 21.3 Å². The number of benzene rings is 3. The smallest absolute Gasteiger partial charge is 0.411 e. The van der Waals surface area contributed by atoms with E-state index in [1.54, 1.807) is 55.6 Å². The molecule has 1 fully saturated rings. The van der Waals surface area contributed by atoms with E-state index >= 15 is 0 Å². The van der Waals surface area contributed by atoms with E-state index in [4.69, 9.17) is 15.2 Å². The topological polar surface area (TPSA) is 248 Å². The molecule has 7 atom stereocenters. The van der Waals surface area contributed by atoms with Crippen molar-refractivity contribution >= 4 is 58.5 Å². The van der Waals surface area contributed by atoms with Crippen LogP contribution in [0.2, 0.25) is 0 Å². The van der Waals surface area contributed by atoms with Crippen molar-refractivity contribution in [1.29, 1.82) is 0 Å². The fourth-order valence-corrected chi connectivity index (χ4v) is 9.29. The van der Waals surface area contributed by atoms with Crippen molar-refractivity contribution in [2.24, 2.45) is 29.4 Å². The first-order valence-corrected chi connectivity index (χ1v) is 25.0.